The second-order valence-corrected chi connectivity index (χ2v) is 4.79. The van der Waals surface area contributed by atoms with Crippen LogP contribution in [-0.2, 0) is 11.2 Å². The number of nitrogens with two attached hydrogens (primary N) is 1. The second-order valence-electron chi connectivity index (χ2n) is 4.79. The van der Waals surface area contributed by atoms with Gasteiger partial charge in [0.25, 0.3) is 5.91 Å². The zero-order chi connectivity index (χ0) is 14.0. The number of rotatable bonds is 4. The van der Waals surface area contributed by atoms with Crippen molar-refractivity contribution in [3.05, 3.63) is 11.4 Å². The second kappa shape index (κ2) is 5.29. The molecule has 7 heteroatoms. The van der Waals surface area contributed by atoms with Gasteiger partial charge in [-0.1, -0.05) is 13.3 Å². The molecule has 0 aromatic carbocycles. The van der Waals surface area contributed by atoms with Gasteiger partial charge in [0.15, 0.2) is 5.69 Å². The third kappa shape index (κ3) is 2.54. The summed E-state index contributed by atoms with van der Waals surface area (Å²) in [5, 5.41) is 9.38. The molecule has 0 radical (unpaired) electrons. The van der Waals surface area contributed by atoms with Crippen LogP contribution in [0.15, 0.2) is 0 Å². The lowest BCUT2D eigenvalue weighted by atomic mass is 10.2. The Bertz CT molecular complexity index is 496. The molecule has 1 atom stereocenters. The number of aromatic nitrogens is 2. The highest BCUT2D eigenvalue weighted by molar-refractivity contribution is 6.00. The Kier molecular flexibility index (Phi) is 3.73. The number of likely N-dealkylation sites (N-methyl/N-ethyl adjacent to an activating group) is 1. The smallest absolute Gasteiger partial charge is 0.274 e. The van der Waals surface area contributed by atoms with Gasteiger partial charge in [0.05, 0.1) is 11.4 Å². The van der Waals surface area contributed by atoms with Crippen LogP contribution in [0.25, 0.3) is 0 Å². The summed E-state index contributed by atoms with van der Waals surface area (Å²) in [4.78, 5) is 25.4. The average Bonchev–Trinajstić information content (AvgIpc) is 2.88. The molecule has 0 bridgehead atoms. The van der Waals surface area contributed by atoms with Crippen LogP contribution in [0.4, 0.5) is 5.69 Å². The van der Waals surface area contributed by atoms with E-state index in [1.807, 2.05) is 6.92 Å². The number of H-pyrrole nitrogens is 1. The molecule has 2 rings (SSSR count). The maximum Gasteiger partial charge on any atom is 0.274 e. The minimum atomic E-state index is -0.469. The highest BCUT2D eigenvalue weighted by Gasteiger charge is 2.31. The number of carbonyl (C=O) groups excluding carboxylic acids is 2. The Labute approximate surface area is 111 Å². The number of amides is 2. The Balaban J connectivity index is 2.06. The lowest BCUT2D eigenvalue weighted by molar-refractivity contribution is -0.128. The summed E-state index contributed by atoms with van der Waals surface area (Å²) in [6.07, 6.45) is 2.28. The van der Waals surface area contributed by atoms with Gasteiger partial charge in [-0.25, -0.2) is 0 Å². The van der Waals surface area contributed by atoms with Gasteiger partial charge in [-0.3, -0.25) is 14.7 Å². The quantitative estimate of drug-likeness (QED) is 0.707. The van der Waals surface area contributed by atoms with Crippen molar-refractivity contribution in [3.63, 3.8) is 0 Å². The van der Waals surface area contributed by atoms with Crippen molar-refractivity contribution in [2.24, 2.45) is 0 Å². The molecule has 1 unspecified atom stereocenters. The van der Waals surface area contributed by atoms with Crippen LogP contribution in [0.2, 0.25) is 0 Å². The molecule has 0 spiro atoms. The van der Waals surface area contributed by atoms with Crippen LogP contribution < -0.4 is 11.1 Å². The van der Waals surface area contributed by atoms with Gasteiger partial charge in [0.2, 0.25) is 5.91 Å². The van der Waals surface area contributed by atoms with E-state index in [-0.39, 0.29) is 11.6 Å². The first-order chi connectivity index (χ1) is 9.04. The summed E-state index contributed by atoms with van der Waals surface area (Å²) >= 11 is 0. The average molecular weight is 265 g/mol. The van der Waals surface area contributed by atoms with E-state index >= 15 is 0 Å². The molecule has 1 aromatic heterocycles. The standard InChI is InChI=1S/C12H19N5O2/c1-3-4-7-9(13)10(16-15-7)11(18)14-8-5-6-17(2)12(8)19/h8H,3-6,13H2,1-2H3,(H,14,18)(H,15,16). The van der Waals surface area contributed by atoms with Crippen LogP contribution in [-0.4, -0.2) is 46.5 Å². The summed E-state index contributed by atoms with van der Waals surface area (Å²) in [6.45, 7) is 2.67. The van der Waals surface area contributed by atoms with Gasteiger partial charge >= 0.3 is 0 Å². The fourth-order valence-corrected chi connectivity index (χ4v) is 2.18. The lowest BCUT2D eigenvalue weighted by Crippen LogP contribution is -2.40. The molecule has 0 aliphatic carbocycles. The first-order valence-corrected chi connectivity index (χ1v) is 6.43. The molecule has 7 nitrogen and oxygen atoms in total. The normalized spacial score (nSPS) is 18.9. The van der Waals surface area contributed by atoms with Crippen molar-refractivity contribution in [2.75, 3.05) is 19.3 Å². The van der Waals surface area contributed by atoms with E-state index in [1.54, 1.807) is 11.9 Å². The van der Waals surface area contributed by atoms with E-state index in [1.165, 1.54) is 0 Å². The molecule has 1 aliphatic heterocycles. The predicted octanol–water partition coefficient (Wildman–Crippen LogP) is -0.0951. The number of likely N-dealkylation sites (tertiary alicyclic amines) is 1. The summed E-state index contributed by atoms with van der Waals surface area (Å²) in [7, 11) is 1.72. The van der Waals surface area contributed by atoms with Crippen LogP contribution in [0.1, 0.15) is 35.9 Å². The maximum absolute atomic E-state index is 12.0. The van der Waals surface area contributed by atoms with E-state index < -0.39 is 11.9 Å². The van der Waals surface area contributed by atoms with Crippen LogP contribution >= 0.6 is 0 Å². The summed E-state index contributed by atoms with van der Waals surface area (Å²) in [5.74, 6) is -0.471. The molecule has 1 aromatic rings. The SMILES string of the molecule is CCCc1[nH]nc(C(=O)NC2CCN(C)C2=O)c1N. The first-order valence-electron chi connectivity index (χ1n) is 6.43. The van der Waals surface area contributed by atoms with Crippen molar-refractivity contribution >= 4 is 17.5 Å². The monoisotopic (exact) mass is 265 g/mol. The number of hydrogen-bond acceptors (Lipinski definition) is 4. The minimum absolute atomic E-state index is 0.0729. The molecule has 1 aliphatic rings. The number of anilines is 1. The summed E-state index contributed by atoms with van der Waals surface area (Å²) in [6, 6.07) is -0.469. The number of aromatic amines is 1. The van der Waals surface area contributed by atoms with Gasteiger partial charge in [0.1, 0.15) is 6.04 Å². The van der Waals surface area contributed by atoms with Crippen molar-refractivity contribution in [2.45, 2.75) is 32.2 Å². The number of nitrogens with one attached hydrogen (secondary N) is 2. The maximum atomic E-state index is 12.0. The topological polar surface area (TPSA) is 104 Å². The summed E-state index contributed by atoms with van der Waals surface area (Å²) < 4.78 is 0. The predicted molar refractivity (Wildman–Crippen MR) is 70.5 cm³/mol. The molecular weight excluding hydrogens is 246 g/mol. The Morgan fingerprint density at radius 3 is 2.95 bits per heavy atom. The van der Waals surface area contributed by atoms with E-state index in [9.17, 15) is 9.59 Å². The molecule has 4 N–H and O–H groups in total. The molecule has 19 heavy (non-hydrogen) atoms. The number of aryl methyl sites for hydroxylation is 1. The van der Waals surface area contributed by atoms with Gasteiger partial charge in [-0.05, 0) is 12.8 Å². The Hall–Kier alpha value is -2.05. The zero-order valence-corrected chi connectivity index (χ0v) is 11.2. The van der Waals surface area contributed by atoms with E-state index in [4.69, 9.17) is 5.73 Å². The third-order valence-electron chi connectivity index (χ3n) is 3.33. The van der Waals surface area contributed by atoms with Crippen LogP contribution in [0.5, 0.6) is 0 Å². The lowest BCUT2D eigenvalue weighted by Gasteiger charge is -2.11. The highest BCUT2D eigenvalue weighted by Crippen LogP contribution is 2.16. The molecule has 104 valence electrons. The van der Waals surface area contributed by atoms with Crippen molar-refractivity contribution in [1.82, 2.24) is 20.4 Å². The van der Waals surface area contributed by atoms with Crippen LogP contribution in [0.3, 0.4) is 0 Å². The highest BCUT2D eigenvalue weighted by atomic mass is 16.2. The van der Waals surface area contributed by atoms with Gasteiger partial charge in [-0.15, -0.1) is 0 Å². The number of carbonyl (C=O) groups is 2. The minimum Gasteiger partial charge on any atom is -0.395 e. The molecule has 2 heterocycles. The number of nitrogen functional groups attached to an aromatic ring is 1. The van der Waals surface area contributed by atoms with Gasteiger partial charge in [-0.2, -0.15) is 5.10 Å². The van der Waals surface area contributed by atoms with Crippen LogP contribution in [0, 0.1) is 0 Å². The van der Waals surface area contributed by atoms with E-state index in [0.29, 0.717) is 18.7 Å². The fourth-order valence-electron chi connectivity index (χ4n) is 2.18. The van der Waals surface area contributed by atoms with Gasteiger partial charge in [0, 0.05) is 13.6 Å². The largest absolute Gasteiger partial charge is 0.395 e. The number of hydrogen-bond donors (Lipinski definition) is 3. The van der Waals surface area contributed by atoms with Gasteiger partial charge < -0.3 is 16.0 Å². The zero-order valence-electron chi connectivity index (χ0n) is 11.2. The molecule has 1 fully saturated rings. The third-order valence-corrected chi connectivity index (χ3v) is 3.33. The number of nitrogens with zero attached hydrogens (tertiary/aromatic N) is 2. The fraction of sp³-hybridized carbons (Fsp3) is 0.583. The van der Waals surface area contributed by atoms with Crippen molar-refractivity contribution in [3.8, 4) is 0 Å². The van der Waals surface area contributed by atoms with Crippen molar-refractivity contribution < 1.29 is 9.59 Å². The van der Waals surface area contributed by atoms with E-state index in [0.717, 1.165) is 18.5 Å². The first kappa shape index (κ1) is 13.4. The molecular formula is C12H19N5O2. The molecule has 1 saturated heterocycles. The molecule has 0 saturated carbocycles. The van der Waals surface area contributed by atoms with Crippen molar-refractivity contribution in [1.29, 1.82) is 0 Å². The summed E-state index contributed by atoms with van der Waals surface area (Å²) in [5.41, 5.74) is 7.19. The Morgan fingerprint density at radius 2 is 2.37 bits per heavy atom. The Morgan fingerprint density at radius 1 is 1.63 bits per heavy atom. The molecule has 2 amide bonds. The van der Waals surface area contributed by atoms with E-state index in [2.05, 4.69) is 15.5 Å².